The number of halogens is 6. The number of aryl methyl sites for hydroxylation is 2. The molecule has 2 N–H and O–H groups in total. The lowest BCUT2D eigenvalue weighted by Gasteiger charge is -2.19. The Bertz CT molecular complexity index is 765. The minimum atomic E-state index is -4.82. The number of alkyl halides is 6. The summed E-state index contributed by atoms with van der Waals surface area (Å²) in [4.78, 5) is 3.11. The molecule has 0 spiro atoms. The van der Waals surface area contributed by atoms with E-state index in [0.29, 0.717) is 15.8 Å². The quantitative estimate of drug-likeness (QED) is 0.620. The average molecular weight is 370 g/mol. The zero-order chi connectivity index (χ0) is 18.4. The van der Waals surface area contributed by atoms with E-state index < -0.39 is 29.4 Å². The lowest BCUT2D eigenvalue weighted by atomic mass is 10.0. The van der Waals surface area contributed by atoms with Gasteiger partial charge in [0.15, 0.2) is 0 Å². The fourth-order valence-corrected chi connectivity index (χ4v) is 2.46. The van der Waals surface area contributed by atoms with Gasteiger partial charge in [-0.2, -0.15) is 48.6 Å². The van der Waals surface area contributed by atoms with Gasteiger partial charge in [0.05, 0.1) is 5.69 Å². The summed E-state index contributed by atoms with van der Waals surface area (Å²) in [6.45, 7) is 2.97. The van der Waals surface area contributed by atoms with Crippen LogP contribution < -0.4 is 5.73 Å². The normalized spacial score (nSPS) is 14.0. The zero-order valence-corrected chi connectivity index (χ0v) is 13.3. The first-order valence-electron chi connectivity index (χ1n) is 6.48. The molecule has 2 aromatic rings. The first-order chi connectivity index (χ1) is 10.8. The van der Waals surface area contributed by atoms with Crippen LogP contribution in [0.25, 0.3) is 5.69 Å². The Morgan fingerprint density at radius 1 is 1.08 bits per heavy atom. The zero-order valence-electron chi connectivity index (χ0n) is 12.4. The van der Waals surface area contributed by atoms with Crippen LogP contribution in [0.15, 0.2) is 12.1 Å². The predicted molar refractivity (Wildman–Crippen MR) is 78.0 cm³/mol. The number of nitrogens with two attached hydrogens (primary N) is 1. The van der Waals surface area contributed by atoms with Gasteiger partial charge in [0.25, 0.3) is 5.82 Å². The van der Waals surface area contributed by atoms with Crippen molar-refractivity contribution in [3.05, 3.63) is 34.6 Å². The van der Waals surface area contributed by atoms with Crippen LogP contribution in [0.2, 0.25) is 0 Å². The van der Waals surface area contributed by atoms with Crippen molar-refractivity contribution < 1.29 is 26.3 Å². The van der Waals surface area contributed by atoms with Crippen LogP contribution in [0.3, 0.4) is 0 Å². The van der Waals surface area contributed by atoms with E-state index in [9.17, 15) is 26.3 Å². The van der Waals surface area contributed by atoms with Crippen LogP contribution in [0, 0.1) is 13.8 Å². The number of anilines is 1. The van der Waals surface area contributed by atoms with Crippen LogP contribution in [0.5, 0.6) is 0 Å². The smallest absolute Gasteiger partial charge is 0.368 e. The van der Waals surface area contributed by atoms with E-state index in [1.165, 1.54) is 19.9 Å². The van der Waals surface area contributed by atoms with Crippen molar-refractivity contribution in [2.75, 3.05) is 5.73 Å². The number of rotatable bonds is 2. The van der Waals surface area contributed by atoms with E-state index in [4.69, 9.17) is 5.73 Å². The molecule has 0 aliphatic carbocycles. The van der Waals surface area contributed by atoms with Gasteiger partial charge in [0, 0.05) is 0 Å². The number of hydrogen-bond acceptors (Lipinski definition) is 4. The maximum atomic E-state index is 12.9. The Kier molecular flexibility index (Phi) is 4.51. The molecule has 0 radical (unpaired) electrons. The molecule has 2 rings (SSSR count). The number of nitrogens with zero attached hydrogens (tertiary/aromatic N) is 3. The lowest BCUT2D eigenvalue weighted by Crippen LogP contribution is -2.17. The lowest BCUT2D eigenvalue weighted by molar-refractivity contribution is -0.144. The third-order valence-electron chi connectivity index (χ3n) is 3.30. The summed E-state index contributed by atoms with van der Waals surface area (Å²) in [7, 11) is 0. The molecule has 132 valence electrons. The van der Waals surface area contributed by atoms with Crippen molar-refractivity contribution in [1.82, 2.24) is 14.8 Å². The van der Waals surface area contributed by atoms with Crippen LogP contribution in [0.1, 0.15) is 27.8 Å². The number of hydrogen-bond donors (Lipinski definition) is 2. The van der Waals surface area contributed by atoms with Crippen LogP contribution in [-0.2, 0) is 6.18 Å². The van der Waals surface area contributed by atoms with Crippen LogP contribution in [0.4, 0.5) is 32.3 Å². The van der Waals surface area contributed by atoms with Crippen LogP contribution >= 0.6 is 12.6 Å². The van der Waals surface area contributed by atoms with Gasteiger partial charge in [-0.3, -0.25) is 0 Å². The summed E-state index contributed by atoms with van der Waals surface area (Å²) in [5.74, 6) is -2.05. The average Bonchev–Trinajstić information content (AvgIpc) is 2.79. The fraction of sp³-hybridized carbons (Fsp3) is 0.385. The summed E-state index contributed by atoms with van der Waals surface area (Å²) >= 11 is 3.56. The highest BCUT2D eigenvalue weighted by Gasteiger charge is 2.40. The summed E-state index contributed by atoms with van der Waals surface area (Å²) in [6.07, 6.45) is -9.44. The molecule has 24 heavy (non-hydrogen) atoms. The van der Waals surface area contributed by atoms with Crippen molar-refractivity contribution in [3.63, 3.8) is 0 Å². The standard InChI is InChI=1S/C13H12F6N4S/c1-5-3-6(2)8(4-7(5)9(24)12(14,15)16)23-11(20)21-10(22-23)13(17,18)19/h3-4,9,24H,1-2H3,(H2,20,21,22). The molecule has 0 fully saturated rings. The number of aromatic nitrogens is 3. The van der Waals surface area contributed by atoms with Gasteiger partial charge in [0.2, 0.25) is 5.95 Å². The number of thiol groups is 1. The maximum Gasteiger partial charge on any atom is 0.453 e. The van der Waals surface area contributed by atoms with Gasteiger partial charge < -0.3 is 5.73 Å². The predicted octanol–water partition coefficient (Wildman–Crippen LogP) is 4.02. The van der Waals surface area contributed by atoms with Crippen LogP contribution in [-0.4, -0.2) is 20.9 Å². The van der Waals surface area contributed by atoms with Gasteiger partial charge in [-0.25, -0.2) is 0 Å². The molecule has 1 aromatic heterocycles. The third kappa shape index (κ3) is 3.45. The molecule has 0 amide bonds. The second-order valence-electron chi connectivity index (χ2n) is 5.14. The highest BCUT2D eigenvalue weighted by Crippen LogP contribution is 2.40. The number of nitrogen functional groups attached to an aromatic ring is 1. The van der Waals surface area contributed by atoms with E-state index in [2.05, 4.69) is 22.7 Å². The van der Waals surface area contributed by atoms with Gasteiger partial charge >= 0.3 is 12.4 Å². The molecule has 0 saturated carbocycles. The first-order valence-corrected chi connectivity index (χ1v) is 7.00. The Balaban J connectivity index is 2.62. The minimum absolute atomic E-state index is 0.0283. The monoisotopic (exact) mass is 370 g/mol. The summed E-state index contributed by atoms with van der Waals surface area (Å²) in [5.41, 5.74) is 5.90. The largest absolute Gasteiger partial charge is 0.453 e. The summed E-state index contributed by atoms with van der Waals surface area (Å²) in [6, 6.07) is 2.47. The molecule has 1 unspecified atom stereocenters. The van der Waals surface area contributed by atoms with Crippen molar-refractivity contribution in [2.45, 2.75) is 31.5 Å². The Hall–Kier alpha value is -1.91. The van der Waals surface area contributed by atoms with E-state index in [1.54, 1.807) is 0 Å². The van der Waals surface area contributed by atoms with Gasteiger partial charge in [-0.05, 0) is 36.6 Å². The second kappa shape index (κ2) is 5.87. The van der Waals surface area contributed by atoms with Crippen molar-refractivity contribution in [3.8, 4) is 5.69 Å². The Labute approximate surface area is 138 Å². The third-order valence-corrected chi connectivity index (χ3v) is 3.87. The van der Waals surface area contributed by atoms with Crippen molar-refractivity contribution >= 4 is 18.6 Å². The molecule has 11 heteroatoms. The summed E-state index contributed by atoms with van der Waals surface area (Å²) < 4.78 is 77.4. The molecule has 0 aliphatic rings. The minimum Gasteiger partial charge on any atom is -0.368 e. The molecular formula is C13H12F6N4S. The Morgan fingerprint density at radius 2 is 1.67 bits per heavy atom. The van der Waals surface area contributed by atoms with Crippen molar-refractivity contribution in [2.24, 2.45) is 0 Å². The highest BCUT2D eigenvalue weighted by atomic mass is 32.1. The highest BCUT2D eigenvalue weighted by molar-refractivity contribution is 7.80. The maximum absolute atomic E-state index is 12.9. The fourth-order valence-electron chi connectivity index (χ4n) is 2.18. The molecule has 4 nitrogen and oxygen atoms in total. The molecule has 0 saturated heterocycles. The second-order valence-corrected chi connectivity index (χ2v) is 5.66. The van der Waals surface area contributed by atoms with E-state index in [-0.39, 0.29) is 11.3 Å². The van der Waals surface area contributed by atoms with E-state index in [1.807, 2.05) is 0 Å². The molecule has 0 bridgehead atoms. The Morgan fingerprint density at radius 3 is 2.12 bits per heavy atom. The SMILES string of the molecule is Cc1cc(C)c(-n2nc(C(F)(F)F)nc2N)cc1C(S)C(F)(F)F. The first kappa shape index (κ1) is 18.4. The van der Waals surface area contributed by atoms with Crippen molar-refractivity contribution in [1.29, 1.82) is 0 Å². The topological polar surface area (TPSA) is 56.7 Å². The molecular weight excluding hydrogens is 358 g/mol. The molecule has 1 heterocycles. The van der Waals surface area contributed by atoms with Gasteiger partial charge in [0.1, 0.15) is 5.25 Å². The summed E-state index contributed by atoms with van der Waals surface area (Å²) in [5, 5.41) is 1.16. The molecule has 0 aliphatic heterocycles. The molecule has 1 atom stereocenters. The molecule has 1 aromatic carbocycles. The number of benzene rings is 1. The van der Waals surface area contributed by atoms with Gasteiger partial charge in [-0.1, -0.05) is 6.07 Å². The van der Waals surface area contributed by atoms with Gasteiger partial charge in [-0.15, -0.1) is 5.10 Å². The van der Waals surface area contributed by atoms with E-state index >= 15 is 0 Å². The van der Waals surface area contributed by atoms with E-state index in [0.717, 1.165) is 6.07 Å².